The van der Waals surface area contributed by atoms with Gasteiger partial charge in [-0.05, 0) is 37.3 Å². The van der Waals surface area contributed by atoms with Crippen LogP contribution in [0.3, 0.4) is 0 Å². The molecule has 1 aliphatic heterocycles. The maximum Gasteiger partial charge on any atom is 0.0629 e. The monoisotopic (exact) mass is 234 g/mol. The van der Waals surface area contributed by atoms with Crippen molar-refractivity contribution < 1.29 is 4.74 Å². The van der Waals surface area contributed by atoms with Crippen LogP contribution < -0.4 is 10.6 Å². The molecule has 1 aliphatic rings. The maximum absolute atomic E-state index is 6.10. The summed E-state index contributed by atoms with van der Waals surface area (Å²) in [6, 6.07) is 6.14. The van der Waals surface area contributed by atoms with Crippen LogP contribution in [0.1, 0.15) is 18.4 Å². The molecule has 3 heteroatoms. The fraction of sp³-hybridized carbons (Fsp3) is 0.571. The lowest BCUT2D eigenvalue weighted by Gasteiger charge is -2.35. The van der Waals surface area contributed by atoms with Crippen LogP contribution in [0.5, 0.6) is 0 Å². The van der Waals surface area contributed by atoms with Crippen molar-refractivity contribution in [2.45, 2.75) is 19.8 Å². The van der Waals surface area contributed by atoms with Gasteiger partial charge in [-0.3, -0.25) is 0 Å². The second-order valence-electron chi connectivity index (χ2n) is 4.92. The Morgan fingerprint density at radius 3 is 3.00 bits per heavy atom. The summed E-state index contributed by atoms with van der Waals surface area (Å²) < 4.78 is 5.27. The highest BCUT2D eigenvalue weighted by atomic mass is 16.5. The van der Waals surface area contributed by atoms with Gasteiger partial charge in [0.2, 0.25) is 0 Å². The van der Waals surface area contributed by atoms with Gasteiger partial charge in [0.05, 0.1) is 18.0 Å². The normalized spacial score (nSPS) is 20.6. The van der Waals surface area contributed by atoms with Gasteiger partial charge < -0.3 is 15.4 Å². The van der Waals surface area contributed by atoms with E-state index in [9.17, 15) is 0 Å². The molecule has 1 unspecified atom stereocenters. The smallest absolute Gasteiger partial charge is 0.0629 e. The lowest BCUT2D eigenvalue weighted by molar-refractivity contribution is 0.143. The van der Waals surface area contributed by atoms with E-state index in [1.807, 2.05) is 12.1 Å². The van der Waals surface area contributed by atoms with Crippen molar-refractivity contribution in [3.8, 4) is 0 Å². The Bertz CT molecular complexity index is 356. The van der Waals surface area contributed by atoms with Gasteiger partial charge in [0.1, 0.15) is 0 Å². The minimum atomic E-state index is 0.632. The first-order chi connectivity index (χ1) is 8.22. The Kier molecular flexibility index (Phi) is 3.89. The minimum Gasteiger partial charge on any atom is -0.397 e. The molecule has 0 aromatic heterocycles. The van der Waals surface area contributed by atoms with Crippen LogP contribution in [0.15, 0.2) is 18.2 Å². The number of methoxy groups -OCH3 is 1. The topological polar surface area (TPSA) is 38.5 Å². The van der Waals surface area contributed by atoms with Gasteiger partial charge in [-0.2, -0.15) is 0 Å². The van der Waals surface area contributed by atoms with Crippen molar-refractivity contribution in [1.29, 1.82) is 0 Å². The highest BCUT2D eigenvalue weighted by molar-refractivity contribution is 5.71. The van der Waals surface area contributed by atoms with Crippen molar-refractivity contribution in [2.75, 3.05) is 37.4 Å². The lowest BCUT2D eigenvalue weighted by atomic mass is 9.97. The Morgan fingerprint density at radius 1 is 1.47 bits per heavy atom. The maximum atomic E-state index is 6.10. The van der Waals surface area contributed by atoms with Gasteiger partial charge in [0, 0.05) is 20.2 Å². The first-order valence-electron chi connectivity index (χ1n) is 6.31. The highest BCUT2D eigenvalue weighted by Crippen LogP contribution is 2.31. The number of piperidine rings is 1. The Labute approximate surface area is 104 Å². The third kappa shape index (κ3) is 2.72. The number of nitrogens with zero attached hydrogens (tertiary/aromatic N) is 1. The van der Waals surface area contributed by atoms with E-state index in [4.69, 9.17) is 10.5 Å². The van der Waals surface area contributed by atoms with E-state index in [0.717, 1.165) is 25.4 Å². The molecular formula is C14H22N2O. The number of anilines is 2. The van der Waals surface area contributed by atoms with Crippen LogP contribution in [-0.2, 0) is 4.74 Å². The van der Waals surface area contributed by atoms with Crippen LogP contribution >= 0.6 is 0 Å². The quantitative estimate of drug-likeness (QED) is 0.816. The molecule has 0 bridgehead atoms. The fourth-order valence-electron chi connectivity index (χ4n) is 2.75. The summed E-state index contributed by atoms with van der Waals surface area (Å²) in [6.45, 7) is 5.14. The molecule has 2 N–H and O–H groups in total. The van der Waals surface area contributed by atoms with E-state index in [0.29, 0.717) is 5.92 Å². The number of aryl methyl sites for hydroxylation is 1. The molecule has 1 atom stereocenters. The van der Waals surface area contributed by atoms with E-state index in [1.165, 1.54) is 24.1 Å². The van der Waals surface area contributed by atoms with Crippen molar-refractivity contribution in [3.05, 3.63) is 23.8 Å². The SMILES string of the molecule is COCC1CCCN(c2c(C)cccc2N)C1. The molecule has 3 nitrogen and oxygen atoms in total. The zero-order chi connectivity index (χ0) is 12.3. The predicted molar refractivity (Wildman–Crippen MR) is 72.4 cm³/mol. The summed E-state index contributed by atoms with van der Waals surface area (Å²) in [7, 11) is 1.78. The molecule has 0 radical (unpaired) electrons. The third-order valence-corrected chi connectivity index (χ3v) is 3.51. The van der Waals surface area contributed by atoms with Crippen molar-refractivity contribution in [3.63, 3.8) is 0 Å². The Balaban J connectivity index is 2.16. The van der Waals surface area contributed by atoms with Gasteiger partial charge in [-0.25, -0.2) is 0 Å². The van der Waals surface area contributed by atoms with Crippen LogP contribution in [-0.4, -0.2) is 26.8 Å². The van der Waals surface area contributed by atoms with E-state index in [2.05, 4.69) is 17.9 Å². The second kappa shape index (κ2) is 5.41. The summed E-state index contributed by atoms with van der Waals surface area (Å²) in [5, 5.41) is 0. The summed E-state index contributed by atoms with van der Waals surface area (Å²) in [5.41, 5.74) is 9.47. The number of rotatable bonds is 3. The first-order valence-corrected chi connectivity index (χ1v) is 6.31. The van der Waals surface area contributed by atoms with E-state index in [-0.39, 0.29) is 0 Å². The number of ether oxygens (including phenoxy) is 1. The van der Waals surface area contributed by atoms with Crippen molar-refractivity contribution in [1.82, 2.24) is 0 Å². The van der Waals surface area contributed by atoms with Crippen LogP contribution in [0.25, 0.3) is 0 Å². The lowest BCUT2D eigenvalue weighted by Crippen LogP contribution is -2.37. The summed E-state index contributed by atoms with van der Waals surface area (Å²) in [4.78, 5) is 2.41. The molecule has 0 aliphatic carbocycles. The highest BCUT2D eigenvalue weighted by Gasteiger charge is 2.22. The number of hydrogen-bond acceptors (Lipinski definition) is 3. The average molecular weight is 234 g/mol. The second-order valence-corrected chi connectivity index (χ2v) is 4.92. The number of benzene rings is 1. The number of nitrogens with two attached hydrogens (primary N) is 1. The zero-order valence-corrected chi connectivity index (χ0v) is 10.8. The number of hydrogen-bond donors (Lipinski definition) is 1. The molecule has 1 aromatic carbocycles. The molecule has 0 amide bonds. The van der Waals surface area contributed by atoms with Crippen molar-refractivity contribution in [2.24, 2.45) is 5.92 Å². The largest absolute Gasteiger partial charge is 0.397 e. The van der Waals surface area contributed by atoms with E-state index < -0.39 is 0 Å². The molecule has 0 spiro atoms. The zero-order valence-electron chi connectivity index (χ0n) is 10.8. The van der Waals surface area contributed by atoms with Gasteiger partial charge in [-0.15, -0.1) is 0 Å². The van der Waals surface area contributed by atoms with Gasteiger partial charge in [0.15, 0.2) is 0 Å². The van der Waals surface area contributed by atoms with E-state index >= 15 is 0 Å². The first kappa shape index (κ1) is 12.2. The standard InChI is InChI=1S/C14H22N2O/c1-11-5-3-7-13(15)14(11)16-8-4-6-12(9-16)10-17-2/h3,5,7,12H,4,6,8-10,15H2,1-2H3. The minimum absolute atomic E-state index is 0.632. The summed E-state index contributed by atoms with van der Waals surface area (Å²) in [5.74, 6) is 0.632. The fourth-order valence-corrected chi connectivity index (χ4v) is 2.75. The molecule has 2 rings (SSSR count). The molecule has 1 fully saturated rings. The molecule has 1 heterocycles. The average Bonchev–Trinajstić information content (AvgIpc) is 2.30. The summed E-state index contributed by atoms with van der Waals surface area (Å²) in [6.07, 6.45) is 2.48. The molecule has 0 saturated carbocycles. The Hall–Kier alpha value is -1.22. The number of para-hydroxylation sites is 1. The Morgan fingerprint density at radius 2 is 2.29 bits per heavy atom. The molecule has 94 valence electrons. The van der Waals surface area contributed by atoms with Gasteiger partial charge in [0.25, 0.3) is 0 Å². The van der Waals surface area contributed by atoms with Gasteiger partial charge >= 0.3 is 0 Å². The third-order valence-electron chi connectivity index (χ3n) is 3.51. The molecular weight excluding hydrogens is 212 g/mol. The molecule has 1 aromatic rings. The number of nitrogen functional groups attached to an aromatic ring is 1. The van der Waals surface area contributed by atoms with Crippen LogP contribution in [0, 0.1) is 12.8 Å². The van der Waals surface area contributed by atoms with Crippen LogP contribution in [0.4, 0.5) is 11.4 Å². The predicted octanol–water partition coefficient (Wildman–Crippen LogP) is 2.44. The van der Waals surface area contributed by atoms with Crippen LogP contribution in [0.2, 0.25) is 0 Å². The van der Waals surface area contributed by atoms with Gasteiger partial charge in [-0.1, -0.05) is 12.1 Å². The molecule has 17 heavy (non-hydrogen) atoms. The van der Waals surface area contributed by atoms with Crippen molar-refractivity contribution >= 4 is 11.4 Å². The van der Waals surface area contributed by atoms with E-state index in [1.54, 1.807) is 7.11 Å². The molecule has 1 saturated heterocycles. The summed E-state index contributed by atoms with van der Waals surface area (Å²) >= 11 is 0.